The number of fused-ring (bicyclic) bond motifs is 1. The number of benzene rings is 1. The van der Waals surface area contributed by atoms with Crippen molar-refractivity contribution in [3.63, 3.8) is 0 Å². The van der Waals surface area contributed by atoms with Gasteiger partial charge in [-0.15, -0.1) is 0 Å². The summed E-state index contributed by atoms with van der Waals surface area (Å²) >= 11 is 0. The number of methoxy groups -OCH3 is 1. The summed E-state index contributed by atoms with van der Waals surface area (Å²) in [4.78, 5) is 16.9. The number of aryl methyl sites for hydroxylation is 1. The van der Waals surface area contributed by atoms with Gasteiger partial charge in [0.1, 0.15) is 6.23 Å². The Bertz CT molecular complexity index is 957. The molecular weight excluding hydrogens is 314 g/mol. The summed E-state index contributed by atoms with van der Waals surface area (Å²) < 4.78 is 7.80. The van der Waals surface area contributed by atoms with E-state index in [1.165, 1.54) is 12.1 Å². The number of rotatable bonds is 4. The highest BCUT2D eigenvalue weighted by Gasteiger charge is 2.24. The summed E-state index contributed by atoms with van der Waals surface area (Å²) in [5, 5.41) is 1.08. The molecule has 5 heteroatoms. The van der Waals surface area contributed by atoms with Crippen LogP contribution in [0.3, 0.4) is 0 Å². The van der Waals surface area contributed by atoms with E-state index in [1.807, 2.05) is 13.0 Å². The van der Waals surface area contributed by atoms with Crippen LogP contribution in [0.5, 0.6) is 0 Å². The average Bonchev–Trinajstić information content (AvgIpc) is 3.24. The first kappa shape index (κ1) is 16.1. The molecule has 1 aliphatic heterocycles. The zero-order valence-corrected chi connectivity index (χ0v) is 14.7. The molecule has 130 valence electrons. The molecule has 1 saturated heterocycles. The Labute approximate surface area is 146 Å². The first-order chi connectivity index (χ1) is 12.2. The van der Waals surface area contributed by atoms with Crippen LogP contribution in [0.25, 0.3) is 16.6 Å². The molecule has 25 heavy (non-hydrogen) atoms. The molecule has 0 radical (unpaired) electrons. The van der Waals surface area contributed by atoms with Crippen molar-refractivity contribution in [1.29, 1.82) is 0 Å². The van der Waals surface area contributed by atoms with E-state index < -0.39 is 0 Å². The topological polar surface area (TPSA) is 50.3 Å². The lowest BCUT2D eigenvalue weighted by atomic mass is 10.1. The Balaban J connectivity index is 1.70. The molecular formula is C20H23N3O2. The van der Waals surface area contributed by atoms with Gasteiger partial charge in [-0.1, -0.05) is 0 Å². The summed E-state index contributed by atoms with van der Waals surface area (Å²) in [5.41, 5.74) is 4.16. The number of aromatic nitrogens is 2. The lowest BCUT2D eigenvalue weighted by Gasteiger charge is -2.23. The van der Waals surface area contributed by atoms with E-state index >= 15 is 0 Å². The van der Waals surface area contributed by atoms with Crippen LogP contribution in [0.15, 0.2) is 47.4 Å². The first-order valence-electron chi connectivity index (χ1n) is 8.73. The smallest absolute Gasteiger partial charge is 0.248 e. The normalized spacial score (nSPS) is 18.2. The predicted octanol–water partition coefficient (Wildman–Crippen LogP) is 3.20. The fourth-order valence-electron chi connectivity index (χ4n) is 3.81. The summed E-state index contributed by atoms with van der Waals surface area (Å²) in [5.74, 6) is 0. The summed E-state index contributed by atoms with van der Waals surface area (Å²) in [6.07, 6.45) is 4.59. The van der Waals surface area contributed by atoms with Gasteiger partial charge in [0.2, 0.25) is 5.56 Å². The molecule has 0 bridgehead atoms. The first-order valence-corrected chi connectivity index (χ1v) is 8.73. The van der Waals surface area contributed by atoms with E-state index in [2.05, 4.69) is 44.9 Å². The maximum absolute atomic E-state index is 11.6. The van der Waals surface area contributed by atoms with Crippen LogP contribution < -0.4 is 5.56 Å². The zero-order chi connectivity index (χ0) is 17.4. The summed E-state index contributed by atoms with van der Waals surface area (Å²) in [6.45, 7) is 3.92. The van der Waals surface area contributed by atoms with E-state index in [0.717, 1.165) is 41.7 Å². The monoisotopic (exact) mass is 337 g/mol. The minimum Gasteiger partial charge on any atom is -0.366 e. The molecule has 0 unspecified atom stereocenters. The van der Waals surface area contributed by atoms with Gasteiger partial charge in [-0.3, -0.25) is 9.69 Å². The van der Waals surface area contributed by atoms with Crippen molar-refractivity contribution in [3.8, 4) is 5.69 Å². The number of nitrogens with one attached hydrogen (secondary N) is 1. The SMILES string of the molecule is CO[C@H]1CCCN1Cc1cccn1-c1ccc2[nH]c(=O)cc(C)c2c1. The molecule has 0 aliphatic carbocycles. The van der Waals surface area contributed by atoms with Gasteiger partial charge >= 0.3 is 0 Å². The number of pyridine rings is 1. The minimum atomic E-state index is -0.0564. The fraction of sp³-hybridized carbons (Fsp3) is 0.350. The molecule has 1 atom stereocenters. The molecule has 4 rings (SSSR count). The number of hydrogen-bond donors (Lipinski definition) is 1. The van der Waals surface area contributed by atoms with Crippen LogP contribution in [-0.4, -0.2) is 34.3 Å². The second kappa shape index (κ2) is 6.50. The van der Waals surface area contributed by atoms with E-state index in [1.54, 1.807) is 13.2 Å². The van der Waals surface area contributed by atoms with Gasteiger partial charge in [-0.25, -0.2) is 0 Å². The van der Waals surface area contributed by atoms with Gasteiger partial charge in [0, 0.05) is 54.7 Å². The van der Waals surface area contributed by atoms with Gasteiger partial charge in [0.15, 0.2) is 0 Å². The molecule has 3 aromatic rings. The second-order valence-electron chi connectivity index (χ2n) is 6.72. The number of ether oxygens (including phenoxy) is 1. The van der Waals surface area contributed by atoms with Gasteiger partial charge < -0.3 is 14.3 Å². The number of hydrogen-bond acceptors (Lipinski definition) is 3. The number of H-pyrrole nitrogens is 1. The van der Waals surface area contributed by atoms with E-state index in [4.69, 9.17) is 4.74 Å². The Kier molecular flexibility index (Phi) is 4.19. The number of likely N-dealkylation sites (tertiary alicyclic amines) is 1. The van der Waals surface area contributed by atoms with Crippen molar-refractivity contribution < 1.29 is 4.74 Å². The molecule has 2 aromatic heterocycles. The average molecular weight is 337 g/mol. The molecule has 5 nitrogen and oxygen atoms in total. The minimum absolute atomic E-state index is 0.0564. The van der Waals surface area contributed by atoms with Crippen molar-refractivity contribution in [2.45, 2.75) is 32.5 Å². The number of aromatic amines is 1. The highest BCUT2D eigenvalue weighted by Crippen LogP contribution is 2.24. The van der Waals surface area contributed by atoms with E-state index in [9.17, 15) is 4.79 Å². The van der Waals surface area contributed by atoms with Crippen molar-refractivity contribution >= 4 is 10.9 Å². The van der Waals surface area contributed by atoms with Crippen LogP contribution in [0, 0.1) is 6.92 Å². The molecule has 1 N–H and O–H groups in total. The number of nitrogens with zero attached hydrogens (tertiary/aromatic N) is 2. The Morgan fingerprint density at radius 2 is 2.16 bits per heavy atom. The Morgan fingerprint density at radius 3 is 3.00 bits per heavy atom. The van der Waals surface area contributed by atoms with Crippen LogP contribution in [0.1, 0.15) is 24.1 Å². The molecule has 0 spiro atoms. The van der Waals surface area contributed by atoms with Gasteiger partial charge in [-0.05, 0) is 55.7 Å². The highest BCUT2D eigenvalue weighted by molar-refractivity contribution is 5.83. The summed E-state index contributed by atoms with van der Waals surface area (Å²) in [7, 11) is 1.79. The third-order valence-electron chi connectivity index (χ3n) is 5.09. The standard InChI is InChI=1S/C20H23N3O2/c1-14-11-19(24)21-18-8-7-15(12-17(14)18)23-10-3-5-16(23)13-22-9-4-6-20(22)25-2/h3,5,7-8,10-12,20H,4,6,9,13H2,1-2H3,(H,21,24)/t20-/m0/s1. The zero-order valence-electron chi connectivity index (χ0n) is 14.7. The lowest BCUT2D eigenvalue weighted by Crippen LogP contribution is -2.30. The van der Waals surface area contributed by atoms with E-state index in [-0.39, 0.29) is 11.8 Å². The molecule has 1 fully saturated rings. The maximum atomic E-state index is 11.6. The van der Waals surface area contributed by atoms with Crippen LogP contribution in [0.4, 0.5) is 0 Å². The largest absolute Gasteiger partial charge is 0.366 e. The highest BCUT2D eigenvalue weighted by atomic mass is 16.5. The van der Waals surface area contributed by atoms with Crippen molar-refractivity contribution in [1.82, 2.24) is 14.5 Å². The van der Waals surface area contributed by atoms with Crippen molar-refractivity contribution in [2.24, 2.45) is 0 Å². The Hall–Kier alpha value is -2.37. The van der Waals surface area contributed by atoms with Crippen LogP contribution in [0.2, 0.25) is 0 Å². The van der Waals surface area contributed by atoms with Crippen LogP contribution in [-0.2, 0) is 11.3 Å². The summed E-state index contributed by atoms with van der Waals surface area (Å²) in [6, 6.07) is 12.1. The van der Waals surface area contributed by atoms with Crippen molar-refractivity contribution in [2.75, 3.05) is 13.7 Å². The molecule has 0 saturated carbocycles. The maximum Gasteiger partial charge on any atom is 0.248 e. The molecule has 3 heterocycles. The van der Waals surface area contributed by atoms with Crippen molar-refractivity contribution in [3.05, 3.63) is 64.2 Å². The quantitative estimate of drug-likeness (QED) is 0.795. The van der Waals surface area contributed by atoms with E-state index in [0.29, 0.717) is 0 Å². The van der Waals surface area contributed by atoms with Crippen LogP contribution >= 0.6 is 0 Å². The molecule has 0 amide bonds. The van der Waals surface area contributed by atoms with Gasteiger partial charge in [0.25, 0.3) is 0 Å². The molecule has 1 aromatic carbocycles. The molecule has 1 aliphatic rings. The fourth-order valence-corrected chi connectivity index (χ4v) is 3.81. The predicted molar refractivity (Wildman–Crippen MR) is 99.1 cm³/mol. The third-order valence-corrected chi connectivity index (χ3v) is 5.09. The second-order valence-corrected chi connectivity index (χ2v) is 6.72. The van der Waals surface area contributed by atoms with Gasteiger partial charge in [0.05, 0.1) is 0 Å². The van der Waals surface area contributed by atoms with Gasteiger partial charge in [-0.2, -0.15) is 0 Å². The lowest BCUT2D eigenvalue weighted by molar-refractivity contribution is -0.00893. The third kappa shape index (κ3) is 3.01. The Morgan fingerprint density at radius 1 is 1.28 bits per heavy atom.